The Balaban J connectivity index is 1.82. The van der Waals surface area contributed by atoms with E-state index in [0.29, 0.717) is 35.5 Å². The van der Waals surface area contributed by atoms with Gasteiger partial charge in [0, 0.05) is 60.6 Å². The number of rotatable bonds is 5. The molecule has 29 heavy (non-hydrogen) atoms. The zero-order valence-electron chi connectivity index (χ0n) is 17.6. The van der Waals surface area contributed by atoms with Gasteiger partial charge in [-0.05, 0) is 36.5 Å². The summed E-state index contributed by atoms with van der Waals surface area (Å²) in [5, 5.41) is 14.1. The lowest BCUT2D eigenvalue weighted by Crippen LogP contribution is -2.38. The summed E-state index contributed by atoms with van der Waals surface area (Å²) >= 11 is 6.31. The third-order valence-electron chi connectivity index (χ3n) is 5.92. The Bertz CT molecular complexity index is 799. The van der Waals surface area contributed by atoms with Crippen LogP contribution in [-0.4, -0.2) is 52.6 Å². The zero-order valence-corrected chi connectivity index (χ0v) is 18.4. The summed E-state index contributed by atoms with van der Waals surface area (Å²) in [6, 6.07) is 5.44. The summed E-state index contributed by atoms with van der Waals surface area (Å²) in [6.45, 7) is 16.9. The highest BCUT2D eigenvalue weighted by Gasteiger charge is 2.34. The molecule has 3 rings (SSSR count). The molecule has 2 N–H and O–H groups in total. The summed E-state index contributed by atoms with van der Waals surface area (Å²) in [7, 11) is 0. The molecule has 2 heterocycles. The smallest absolute Gasteiger partial charge is 0.220 e. The minimum atomic E-state index is -0.529. The maximum absolute atomic E-state index is 12.0. The largest absolute Gasteiger partial charge is 0.391 e. The molecule has 0 aliphatic carbocycles. The average molecular weight is 418 g/mol. The Kier molecular flexibility index (Phi) is 6.59. The van der Waals surface area contributed by atoms with E-state index in [1.807, 2.05) is 18.2 Å². The molecule has 0 aromatic heterocycles. The highest BCUT2D eigenvalue weighted by atomic mass is 35.5. The number of nitrogens with one attached hydrogen (secondary N) is 1. The molecule has 2 saturated heterocycles. The molecule has 0 saturated carbocycles. The first-order chi connectivity index (χ1) is 13.7. The number of amides is 1. The van der Waals surface area contributed by atoms with Gasteiger partial charge in [-0.3, -0.25) is 4.79 Å². The van der Waals surface area contributed by atoms with Crippen molar-refractivity contribution in [3.05, 3.63) is 47.6 Å². The Labute approximate surface area is 179 Å². The van der Waals surface area contributed by atoms with Gasteiger partial charge in [-0.15, -0.1) is 0 Å². The van der Waals surface area contributed by atoms with Crippen molar-refractivity contribution in [2.45, 2.75) is 45.8 Å². The molecular formula is C23H32ClN3O2. The van der Waals surface area contributed by atoms with Gasteiger partial charge in [0.2, 0.25) is 5.91 Å². The number of aliphatic hydroxyl groups excluding tert-OH is 1. The number of hydrogen-bond acceptors (Lipinski definition) is 4. The van der Waals surface area contributed by atoms with E-state index in [0.717, 1.165) is 30.0 Å². The van der Waals surface area contributed by atoms with E-state index in [1.54, 1.807) is 4.90 Å². The van der Waals surface area contributed by atoms with Crippen molar-refractivity contribution in [1.29, 1.82) is 0 Å². The molecule has 0 bridgehead atoms. The first-order valence-electron chi connectivity index (χ1n) is 10.3. The van der Waals surface area contributed by atoms with Crippen LogP contribution in [0, 0.1) is 11.8 Å². The second kappa shape index (κ2) is 8.80. The summed E-state index contributed by atoms with van der Waals surface area (Å²) in [6.07, 6.45) is 1.18. The van der Waals surface area contributed by atoms with Crippen molar-refractivity contribution in [2.75, 3.05) is 25.0 Å². The number of likely N-dealkylation sites (tertiary alicyclic amines) is 2. The third-order valence-corrected chi connectivity index (χ3v) is 6.16. The Morgan fingerprint density at radius 1 is 1.17 bits per heavy atom. The number of piperidine rings is 1. The number of carbonyl (C=O) groups excluding carboxylic acids is 1. The standard InChI is InChI=1S/C23H32ClN3O2/c1-14-8-15(2)12-26(11-14)17(4)21-9-19(24)6-7-22(21)25-16(3)23-10-20(29)13-27(23)18(5)28/h6-7,9,14-15,20,23,25,29H,3-4,8,10-13H2,1-2,5H3/t14-,15+,20-,23+/m1/s1. The van der Waals surface area contributed by atoms with Gasteiger partial charge in [-0.2, -0.15) is 0 Å². The molecule has 1 aromatic rings. The fraction of sp³-hybridized carbons (Fsp3) is 0.522. The predicted molar refractivity (Wildman–Crippen MR) is 120 cm³/mol. The number of aliphatic hydroxyl groups is 1. The molecule has 158 valence electrons. The lowest BCUT2D eigenvalue weighted by atomic mass is 9.91. The lowest BCUT2D eigenvalue weighted by molar-refractivity contribution is -0.129. The number of halogens is 1. The van der Waals surface area contributed by atoms with Crippen molar-refractivity contribution in [3.63, 3.8) is 0 Å². The minimum absolute atomic E-state index is 0.0634. The summed E-state index contributed by atoms with van der Waals surface area (Å²) in [5.41, 5.74) is 3.43. The lowest BCUT2D eigenvalue weighted by Gasteiger charge is -2.38. The summed E-state index contributed by atoms with van der Waals surface area (Å²) in [4.78, 5) is 16.0. The topological polar surface area (TPSA) is 55.8 Å². The van der Waals surface area contributed by atoms with Gasteiger partial charge in [0.25, 0.3) is 0 Å². The molecule has 0 spiro atoms. The molecule has 2 aliphatic rings. The van der Waals surface area contributed by atoms with Crippen molar-refractivity contribution < 1.29 is 9.90 Å². The molecule has 2 fully saturated rings. The highest BCUT2D eigenvalue weighted by Crippen LogP contribution is 2.34. The van der Waals surface area contributed by atoms with Gasteiger partial charge in [0.15, 0.2) is 0 Å². The van der Waals surface area contributed by atoms with E-state index in [-0.39, 0.29) is 11.9 Å². The van der Waals surface area contributed by atoms with E-state index < -0.39 is 6.10 Å². The highest BCUT2D eigenvalue weighted by molar-refractivity contribution is 6.30. The van der Waals surface area contributed by atoms with Crippen LogP contribution in [0.2, 0.25) is 5.02 Å². The fourth-order valence-corrected chi connectivity index (χ4v) is 4.84. The normalized spacial score (nSPS) is 27.1. The van der Waals surface area contributed by atoms with Gasteiger partial charge >= 0.3 is 0 Å². The molecule has 5 nitrogen and oxygen atoms in total. The van der Waals surface area contributed by atoms with Crippen molar-refractivity contribution in [3.8, 4) is 0 Å². The van der Waals surface area contributed by atoms with Crippen LogP contribution in [-0.2, 0) is 4.79 Å². The van der Waals surface area contributed by atoms with Crippen LogP contribution in [0.1, 0.15) is 39.2 Å². The van der Waals surface area contributed by atoms with Crippen LogP contribution in [0.3, 0.4) is 0 Å². The van der Waals surface area contributed by atoms with Crippen LogP contribution in [0.4, 0.5) is 5.69 Å². The first kappa shape index (κ1) is 21.7. The monoisotopic (exact) mass is 417 g/mol. The quantitative estimate of drug-likeness (QED) is 0.754. The SMILES string of the molecule is C=C(Nc1ccc(Cl)cc1C(=C)N1C[C@H](C)C[C@H](C)C1)[C@@H]1C[C@@H](O)CN1C(C)=O. The van der Waals surface area contributed by atoms with E-state index in [2.05, 4.69) is 37.2 Å². The number of anilines is 1. The minimum Gasteiger partial charge on any atom is -0.391 e. The van der Waals surface area contributed by atoms with Crippen LogP contribution < -0.4 is 5.32 Å². The van der Waals surface area contributed by atoms with Crippen LogP contribution >= 0.6 is 11.6 Å². The van der Waals surface area contributed by atoms with Crippen molar-refractivity contribution >= 4 is 28.9 Å². The molecular weight excluding hydrogens is 386 g/mol. The number of hydrogen-bond donors (Lipinski definition) is 2. The molecule has 4 atom stereocenters. The molecule has 1 amide bonds. The average Bonchev–Trinajstić information content (AvgIpc) is 3.04. The van der Waals surface area contributed by atoms with Crippen molar-refractivity contribution in [1.82, 2.24) is 9.80 Å². The Hall–Kier alpha value is -1.98. The van der Waals surface area contributed by atoms with Gasteiger partial charge in [0.05, 0.1) is 12.1 Å². The van der Waals surface area contributed by atoms with Gasteiger partial charge in [0.1, 0.15) is 0 Å². The van der Waals surface area contributed by atoms with E-state index in [4.69, 9.17) is 11.6 Å². The number of carbonyl (C=O) groups is 1. The maximum Gasteiger partial charge on any atom is 0.220 e. The van der Waals surface area contributed by atoms with Crippen LogP contribution in [0.5, 0.6) is 0 Å². The molecule has 6 heteroatoms. The molecule has 2 aliphatic heterocycles. The van der Waals surface area contributed by atoms with Crippen molar-refractivity contribution in [2.24, 2.45) is 11.8 Å². The third kappa shape index (κ3) is 4.96. The summed E-state index contributed by atoms with van der Waals surface area (Å²) in [5.74, 6) is 1.17. The second-order valence-electron chi connectivity index (χ2n) is 8.71. The Morgan fingerprint density at radius 2 is 1.83 bits per heavy atom. The van der Waals surface area contributed by atoms with Crippen LogP contribution in [0.15, 0.2) is 37.1 Å². The predicted octanol–water partition coefficient (Wildman–Crippen LogP) is 4.20. The summed E-state index contributed by atoms with van der Waals surface area (Å²) < 4.78 is 0. The molecule has 0 radical (unpaired) electrons. The van der Waals surface area contributed by atoms with Gasteiger partial charge < -0.3 is 20.2 Å². The number of nitrogens with zero attached hydrogens (tertiary/aromatic N) is 2. The maximum atomic E-state index is 12.0. The van der Waals surface area contributed by atoms with Gasteiger partial charge in [-0.25, -0.2) is 0 Å². The second-order valence-corrected chi connectivity index (χ2v) is 9.15. The first-order valence-corrected chi connectivity index (χ1v) is 10.7. The van der Waals surface area contributed by atoms with E-state index in [1.165, 1.54) is 13.3 Å². The molecule has 0 unspecified atom stereocenters. The number of β-amino-alcohol motifs (C(OH)–C–C–N with tert-alkyl or cyclic N) is 1. The van der Waals surface area contributed by atoms with Gasteiger partial charge in [-0.1, -0.05) is 38.6 Å². The number of benzene rings is 1. The fourth-order valence-electron chi connectivity index (χ4n) is 4.67. The van der Waals surface area contributed by atoms with E-state index in [9.17, 15) is 9.90 Å². The molecule has 1 aromatic carbocycles. The zero-order chi connectivity index (χ0) is 21.3. The van der Waals surface area contributed by atoms with Crippen LogP contribution in [0.25, 0.3) is 5.70 Å². The Morgan fingerprint density at radius 3 is 2.45 bits per heavy atom. The van der Waals surface area contributed by atoms with E-state index >= 15 is 0 Å².